The van der Waals surface area contributed by atoms with Gasteiger partial charge in [-0.1, -0.05) is 34.1 Å². The van der Waals surface area contributed by atoms with Crippen LogP contribution in [-0.4, -0.2) is 22.8 Å². The number of nitrogens with one attached hydrogen (secondary N) is 3. The fourth-order valence-corrected chi connectivity index (χ4v) is 3.71. The third kappa shape index (κ3) is 5.36. The van der Waals surface area contributed by atoms with E-state index < -0.39 is 6.04 Å². The highest BCUT2D eigenvalue weighted by Gasteiger charge is 2.21. The first kappa shape index (κ1) is 21.6. The Morgan fingerprint density at radius 1 is 0.969 bits per heavy atom. The van der Waals surface area contributed by atoms with Crippen LogP contribution in [0.2, 0.25) is 0 Å². The van der Waals surface area contributed by atoms with Crippen molar-refractivity contribution < 1.29 is 14.3 Å². The topological polar surface area (TPSA) is 83.2 Å². The zero-order valence-corrected chi connectivity index (χ0v) is 19.0. The van der Waals surface area contributed by atoms with Crippen molar-refractivity contribution in [2.24, 2.45) is 0 Å². The van der Waals surface area contributed by atoms with E-state index in [-0.39, 0.29) is 11.8 Å². The highest BCUT2D eigenvalue weighted by atomic mass is 79.9. The van der Waals surface area contributed by atoms with E-state index in [1.54, 1.807) is 24.3 Å². The average Bonchev–Trinajstić information content (AvgIpc) is 3.19. The lowest BCUT2D eigenvalue weighted by molar-refractivity contribution is -0.125. The third-order valence-corrected chi connectivity index (χ3v) is 5.49. The molecule has 1 heterocycles. The molecule has 162 valence electrons. The van der Waals surface area contributed by atoms with Crippen LogP contribution in [-0.2, 0) is 16.0 Å². The van der Waals surface area contributed by atoms with Crippen LogP contribution < -0.4 is 15.4 Å². The van der Waals surface area contributed by atoms with Crippen molar-refractivity contribution in [1.82, 2.24) is 10.3 Å². The predicted molar refractivity (Wildman–Crippen MR) is 129 cm³/mol. The highest BCUT2D eigenvalue weighted by molar-refractivity contribution is 9.10. The van der Waals surface area contributed by atoms with Gasteiger partial charge in [-0.3, -0.25) is 9.59 Å². The van der Waals surface area contributed by atoms with E-state index in [1.165, 1.54) is 6.92 Å². The number of rotatable bonds is 7. The third-order valence-electron chi connectivity index (χ3n) is 4.96. The molecule has 3 aromatic carbocycles. The number of hydrogen-bond donors (Lipinski definition) is 3. The summed E-state index contributed by atoms with van der Waals surface area (Å²) >= 11 is 3.40. The van der Waals surface area contributed by atoms with Crippen molar-refractivity contribution in [3.8, 4) is 11.5 Å². The summed E-state index contributed by atoms with van der Waals surface area (Å²) in [4.78, 5) is 27.9. The van der Waals surface area contributed by atoms with Gasteiger partial charge in [0, 0.05) is 40.6 Å². The molecule has 0 radical (unpaired) electrons. The van der Waals surface area contributed by atoms with Crippen LogP contribution in [0.3, 0.4) is 0 Å². The lowest BCUT2D eigenvalue weighted by atomic mass is 10.0. The quantitative estimate of drug-likeness (QED) is 0.323. The molecule has 0 saturated carbocycles. The van der Waals surface area contributed by atoms with E-state index in [1.807, 2.05) is 54.7 Å². The van der Waals surface area contributed by atoms with Gasteiger partial charge >= 0.3 is 0 Å². The number of halogens is 1. The second kappa shape index (κ2) is 9.70. The summed E-state index contributed by atoms with van der Waals surface area (Å²) in [6.07, 6.45) is 2.25. The van der Waals surface area contributed by atoms with Crippen molar-refractivity contribution >= 4 is 44.3 Å². The molecule has 1 aromatic heterocycles. The minimum absolute atomic E-state index is 0.261. The van der Waals surface area contributed by atoms with Crippen LogP contribution in [0.5, 0.6) is 11.5 Å². The molecular formula is C25H22BrN3O3. The maximum absolute atomic E-state index is 12.9. The van der Waals surface area contributed by atoms with Crippen molar-refractivity contribution in [1.29, 1.82) is 0 Å². The molecule has 6 nitrogen and oxygen atoms in total. The van der Waals surface area contributed by atoms with Gasteiger partial charge in [-0.2, -0.15) is 0 Å². The Bertz CT molecular complexity index is 1230. The Kier molecular flexibility index (Phi) is 6.56. The molecule has 0 bridgehead atoms. The Morgan fingerprint density at radius 2 is 1.62 bits per heavy atom. The first-order valence-electron chi connectivity index (χ1n) is 10.1. The van der Waals surface area contributed by atoms with E-state index in [2.05, 4.69) is 31.5 Å². The van der Waals surface area contributed by atoms with E-state index >= 15 is 0 Å². The van der Waals surface area contributed by atoms with Crippen LogP contribution in [0.1, 0.15) is 12.5 Å². The van der Waals surface area contributed by atoms with Gasteiger partial charge < -0.3 is 20.4 Å². The molecule has 2 amide bonds. The molecule has 0 fully saturated rings. The molecule has 0 aliphatic rings. The molecule has 4 aromatic rings. The number of carbonyl (C=O) groups excluding carboxylic acids is 2. The van der Waals surface area contributed by atoms with Crippen molar-refractivity contribution in [3.05, 3.63) is 89.0 Å². The van der Waals surface area contributed by atoms with Crippen LogP contribution in [0.25, 0.3) is 10.9 Å². The first-order chi connectivity index (χ1) is 15.5. The van der Waals surface area contributed by atoms with Gasteiger partial charge in [0.15, 0.2) is 0 Å². The molecular weight excluding hydrogens is 470 g/mol. The molecule has 1 atom stereocenters. The number of anilines is 1. The first-order valence-corrected chi connectivity index (χ1v) is 10.9. The highest BCUT2D eigenvalue weighted by Crippen LogP contribution is 2.25. The SMILES string of the molecule is CC(=O)NC(Cc1c[nH]c2ccccc12)C(=O)Nc1ccc(Oc2ccc(Br)cc2)cc1. The Morgan fingerprint density at radius 3 is 2.31 bits per heavy atom. The van der Waals surface area contributed by atoms with Crippen molar-refractivity contribution in [2.45, 2.75) is 19.4 Å². The van der Waals surface area contributed by atoms with Gasteiger partial charge in [0.2, 0.25) is 11.8 Å². The standard InChI is InChI=1S/C25H22BrN3O3/c1-16(30)28-24(14-17-15-27-23-5-3-2-4-22(17)23)25(31)29-19-8-12-21(13-9-19)32-20-10-6-18(26)7-11-20/h2-13,15,24,27H,14H2,1H3,(H,28,30)(H,29,31). The number of fused-ring (bicyclic) bond motifs is 1. The molecule has 32 heavy (non-hydrogen) atoms. The van der Waals surface area contributed by atoms with E-state index in [0.717, 1.165) is 26.7 Å². The molecule has 1 unspecified atom stereocenters. The number of carbonyl (C=O) groups is 2. The summed E-state index contributed by atoms with van der Waals surface area (Å²) in [5, 5.41) is 6.67. The molecule has 0 aliphatic carbocycles. The minimum Gasteiger partial charge on any atom is -0.457 e. The fraction of sp³-hybridized carbons (Fsp3) is 0.120. The normalized spacial score (nSPS) is 11.7. The number of hydrogen-bond acceptors (Lipinski definition) is 3. The molecule has 0 aliphatic heterocycles. The monoisotopic (exact) mass is 491 g/mol. The largest absolute Gasteiger partial charge is 0.457 e. The second-order valence-electron chi connectivity index (χ2n) is 7.39. The maximum atomic E-state index is 12.9. The zero-order valence-electron chi connectivity index (χ0n) is 17.4. The van der Waals surface area contributed by atoms with Gasteiger partial charge in [-0.25, -0.2) is 0 Å². The lowest BCUT2D eigenvalue weighted by Gasteiger charge is -2.17. The van der Waals surface area contributed by atoms with Gasteiger partial charge in [0.05, 0.1) is 0 Å². The zero-order chi connectivity index (χ0) is 22.5. The van der Waals surface area contributed by atoms with E-state index in [9.17, 15) is 9.59 Å². The van der Waals surface area contributed by atoms with E-state index in [4.69, 9.17) is 4.74 Å². The number of aromatic nitrogens is 1. The Balaban J connectivity index is 1.44. The lowest BCUT2D eigenvalue weighted by Crippen LogP contribution is -2.44. The summed E-state index contributed by atoms with van der Waals surface area (Å²) in [5.41, 5.74) is 2.58. The predicted octanol–water partition coefficient (Wildman–Crippen LogP) is 5.41. The summed E-state index contributed by atoms with van der Waals surface area (Å²) in [6, 6.07) is 21.8. The van der Waals surface area contributed by atoms with Crippen LogP contribution in [0.4, 0.5) is 5.69 Å². The number of amides is 2. The average molecular weight is 492 g/mol. The Labute approximate surface area is 194 Å². The second-order valence-corrected chi connectivity index (χ2v) is 8.30. The van der Waals surface area contributed by atoms with Gasteiger partial charge in [-0.05, 0) is 60.2 Å². The summed E-state index contributed by atoms with van der Waals surface area (Å²) in [5.74, 6) is 0.826. The summed E-state index contributed by atoms with van der Waals surface area (Å²) < 4.78 is 6.79. The number of ether oxygens (including phenoxy) is 1. The van der Waals surface area contributed by atoms with E-state index in [0.29, 0.717) is 17.9 Å². The van der Waals surface area contributed by atoms with Gasteiger partial charge in [0.1, 0.15) is 17.5 Å². The van der Waals surface area contributed by atoms with Gasteiger partial charge in [0.25, 0.3) is 0 Å². The van der Waals surface area contributed by atoms with Crippen molar-refractivity contribution in [2.75, 3.05) is 5.32 Å². The smallest absolute Gasteiger partial charge is 0.247 e. The molecule has 7 heteroatoms. The van der Waals surface area contributed by atoms with Crippen LogP contribution >= 0.6 is 15.9 Å². The van der Waals surface area contributed by atoms with Crippen LogP contribution in [0.15, 0.2) is 83.5 Å². The fourth-order valence-electron chi connectivity index (χ4n) is 3.45. The molecule has 4 rings (SSSR count). The maximum Gasteiger partial charge on any atom is 0.247 e. The number of H-pyrrole nitrogens is 1. The molecule has 3 N–H and O–H groups in total. The van der Waals surface area contributed by atoms with Gasteiger partial charge in [-0.15, -0.1) is 0 Å². The van der Waals surface area contributed by atoms with Crippen LogP contribution in [0, 0.1) is 0 Å². The number of para-hydroxylation sites is 1. The molecule has 0 spiro atoms. The molecule has 0 saturated heterocycles. The Hall–Kier alpha value is -3.58. The summed E-state index contributed by atoms with van der Waals surface area (Å²) in [7, 11) is 0. The van der Waals surface area contributed by atoms with Crippen molar-refractivity contribution in [3.63, 3.8) is 0 Å². The number of benzene rings is 3. The minimum atomic E-state index is -0.703. The number of aromatic amines is 1. The summed E-state index contributed by atoms with van der Waals surface area (Å²) in [6.45, 7) is 1.41.